The summed E-state index contributed by atoms with van der Waals surface area (Å²) in [6.45, 7) is 5.54. The lowest BCUT2D eigenvalue weighted by Crippen LogP contribution is -2.41. The molecule has 3 aromatic heterocycles. The van der Waals surface area contributed by atoms with Crippen molar-refractivity contribution >= 4 is 17.0 Å². The lowest BCUT2D eigenvalue weighted by Gasteiger charge is -2.32. The Balaban J connectivity index is 1.68. The smallest absolute Gasteiger partial charge is 0.338 e. The minimum atomic E-state index is -4.59. The minimum Gasteiger partial charge on any atom is -0.338 e. The highest BCUT2D eigenvalue weighted by Crippen LogP contribution is 2.38. The first-order chi connectivity index (χ1) is 14.6. The van der Waals surface area contributed by atoms with Crippen LogP contribution in [0.5, 0.6) is 0 Å². The average molecular weight is 434 g/mol. The number of halogens is 3. The molecule has 1 amide bonds. The second-order valence-corrected chi connectivity index (χ2v) is 7.95. The van der Waals surface area contributed by atoms with Gasteiger partial charge < -0.3 is 14.4 Å². The number of amides is 1. The summed E-state index contributed by atoms with van der Waals surface area (Å²) in [7, 11) is 0. The van der Waals surface area contributed by atoms with E-state index in [1.807, 2.05) is 0 Å². The largest absolute Gasteiger partial charge is 0.417 e. The molecule has 31 heavy (non-hydrogen) atoms. The lowest BCUT2D eigenvalue weighted by molar-refractivity contribution is -0.136. The molecule has 0 unspecified atom stereocenters. The molecule has 0 saturated carbocycles. The molecule has 0 aliphatic carbocycles. The number of likely N-dealkylation sites (tertiary alicyclic amines) is 1. The predicted octanol–water partition coefficient (Wildman–Crippen LogP) is 3.87. The molecule has 0 bridgehead atoms. The molecule has 1 atom stereocenters. The molecular formula is C21H21F3N4O3. The maximum Gasteiger partial charge on any atom is 0.417 e. The Kier molecular flexibility index (Phi) is 5.10. The fourth-order valence-electron chi connectivity index (χ4n) is 4.01. The van der Waals surface area contributed by atoms with Crippen molar-refractivity contribution in [1.82, 2.24) is 20.0 Å². The first-order valence-corrected chi connectivity index (χ1v) is 9.90. The Morgan fingerprint density at radius 3 is 2.71 bits per heavy atom. The van der Waals surface area contributed by atoms with E-state index >= 15 is 0 Å². The van der Waals surface area contributed by atoms with Crippen molar-refractivity contribution in [3.05, 3.63) is 56.3 Å². The molecule has 1 N–H and O–H groups in total. The van der Waals surface area contributed by atoms with E-state index in [9.17, 15) is 22.8 Å². The molecule has 1 aliphatic rings. The Bertz CT molecular complexity index is 1230. The third kappa shape index (κ3) is 3.82. The highest BCUT2D eigenvalue weighted by molar-refractivity contribution is 5.94. The molecule has 0 spiro atoms. The van der Waals surface area contributed by atoms with Crippen LogP contribution in [0, 0.1) is 20.8 Å². The van der Waals surface area contributed by atoms with E-state index in [0.717, 1.165) is 11.6 Å². The summed E-state index contributed by atoms with van der Waals surface area (Å²) < 4.78 is 46.0. The van der Waals surface area contributed by atoms with Gasteiger partial charge in [0.25, 0.3) is 17.2 Å². The van der Waals surface area contributed by atoms with Crippen molar-refractivity contribution in [1.29, 1.82) is 0 Å². The minimum absolute atomic E-state index is 0.0222. The molecular weight excluding hydrogens is 413 g/mol. The van der Waals surface area contributed by atoms with Crippen molar-refractivity contribution in [2.24, 2.45) is 0 Å². The van der Waals surface area contributed by atoms with Crippen LogP contribution in [0.2, 0.25) is 0 Å². The molecule has 0 aromatic carbocycles. The first-order valence-electron chi connectivity index (χ1n) is 9.90. The van der Waals surface area contributed by atoms with E-state index in [-0.39, 0.29) is 34.6 Å². The van der Waals surface area contributed by atoms with E-state index < -0.39 is 29.1 Å². The normalized spacial score (nSPS) is 17.4. The van der Waals surface area contributed by atoms with Gasteiger partial charge in [-0.1, -0.05) is 5.16 Å². The number of aromatic nitrogens is 3. The molecule has 1 fully saturated rings. The van der Waals surface area contributed by atoms with Crippen LogP contribution in [0.3, 0.4) is 0 Å². The summed E-state index contributed by atoms with van der Waals surface area (Å²) >= 11 is 0. The number of carbonyl (C=O) groups is 1. The molecule has 3 aromatic rings. The maximum absolute atomic E-state index is 13.7. The molecule has 1 aliphatic heterocycles. The summed E-state index contributed by atoms with van der Waals surface area (Å²) in [5.74, 6) is -0.860. The van der Waals surface area contributed by atoms with Crippen molar-refractivity contribution in [2.75, 3.05) is 13.1 Å². The van der Waals surface area contributed by atoms with Crippen LogP contribution in [0.1, 0.15) is 57.3 Å². The summed E-state index contributed by atoms with van der Waals surface area (Å²) in [5.41, 5.74) is 0.298. The van der Waals surface area contributed by atoms with Crippen LogP contribution >= 0.6 is 0 Å². The third-order valence-corrected chi connectivity index (χ3v) is 5.80. The van der Waals surface area contributed by atoms with Gasteiger partial charge in [0.2, 0.25) is 0 Å². The lowest BCUT2D eigenvalue weighted by atomic mass is 9.92. The zero-order valence-electron chi connectivity index (χ0n) is 17.3. The summed E-state index contributed by atoms with van der Waals surface area (Å²) in [4.78, 5) is 33.7. The van der Waals surface area contributed by atoms with Gasteiger partial charge in [-0.3, -0.25) is 9.59 Å². The zero-order chi connectivity index (χ0) is 22.5. The number of aryl methyl sites for hydroxylation is 3. The zero-order valence-corrected chi connectivity index (χ0v) is 17.3. The molecule has 10 heteroatoms. The van der Waals surface area contributed by atoms with Gasteiger partial charge in [0.15, 0.2) is 0 Å². The fourth-order valence-corrected chi connectivity index (χ4v) is 4.01. The Morgan fingerprint density at radius 2 is 2.00 bits per heavy atom. The topological polar surface area (TPSA) is 92.1 Å². The van der Waals surface area contributed by atoms with Crippen LogP contribution in [0.4, 0.5) is 13.2 Å². The first kappa shape index (κ1) is 21.1. The molecule has 4 rings (SSSR count). The van der Waals surface area contributed by atoms with Crippen molar-refractivity contribution in [2.45, 2.75) is 45.7 Å². The monoisotopic (exact) mass is 434 g/mol. The summed E-state index contributed by atoms with van der Waals surface area (Å²) in [6.07, 6.45) is -3.45. The van der Waals surface area contributed by atoms with Gasteiger partial charge in [-0.15, -0.1) is 0 Å². The highest BCUT2D eigenvalue weighted by Gasteiger charge is 2.37. The highest BCUT2D eigenvalue weighted by atomic mass is 19.4. The van der Waals surface area contributed by atoms with Gasteiger partial charge >= 0.3 is 6.18 Å². The van der Waals surface area contributed by atoms with Crippen LogP contribution in [-0.2, 0) is 6.18 Å². The summed E-state index contributed by atoms with van der Waals surface area (Å²) in [5, 5.41) is 3.47. The SMILES string of the molecule is Cc1cc(C(=O)N2CCC[C@H](c3cc(C(F)(F)F)c4c(C)noc4n3)C2)c(=O)[nH]c1C. The van der Waals surface area contributed by atoms with Crippen LogP contribution in [-0.4, -0.2) is 39.0 Å². The number of rotatable bonds is 2. The number of nitrogens with one attached hydrogen (secondary N) is 1. The Hall–Kier alpha value is -3.17. The molecule has 164 valence electrons. The molecule has 4 heterocycles. The number of aromatic amines is 1. The van der Waals surface area contributed by atoms with E-state index in [4.69, 9.17) is 4.52 Å². The van der Waals surface area contributed by atoms with E-state index in [2.05, 4.69) is 15.1 Å². The van der Waals surface area contributed by atoms with Gasteiger partial charge in [0.1, 0.15) is 5.56 Å². The van der Waals surface area contributed by atoms with E-state index in [1.54, 1.807) is 19.9 Å². The number of carbonyl (C=O) groups excluding carboxylic acids is 1. The van der Waals surface area contributed by atoms with Crippen LogP contribution in [0.25, 0.3) is 11.1 Å². The van der Waals surface area contributed by atoms with Crippen molar-refractivity contribution in [3.8, 4) is 0 Å². The van der Waals surface area contributed by atoms with Crippen LogP contribution < -0.4 is 5.56 Å². The number of pyridine rings is 2. The second kappa shape index (κ2) is 7.51. The Labute approximate surface area is 175 Å². The number of fused-ring (bicyclic) bond motifs is 1. The number of hydrogen-bond acceptors (Lipinski definition) is 5. The van der Waals surface area contributed by atoms with E-state index in [1.165, 1.54) is 11.8 Å². The van der Waals surface area contributed by atoms with Crippen molar-refractivity contribution in [3.63, 3.8) is 0 Å². The van der Waals surface area contributed by atoms with Gasteiger partial charge in [-0.2, -0.15) is 13.2 Å². The fraction of sp³-hybridized carbons (Fsp3) is 0.429. The van der Waals surface area contributed by atoms with Crippen molar-refractivity contribution < 1.29 is 22.5 Å². The second-order valence-electron chi connectivity index (χ2n) is 7.95. The van der Waals surface area contributed by atoms with E-state index in [0.29, 0.717) is 25.1 Å². The maximum atomic E-state index is 13.7. The van der Waals surface area contributed by atoms with Gasteiger partial charge in [0, 0.05) is 24.7 Å². The third-order valence-electron chi connectivity index (χ3n) is 5.80. The van der Waals surface area contributed by atoms with Gasteiger partial charge in [-0.05, 0) is 51.3 Å². The molecule has 1 saturated heterocycles. The molecule has 0 radical (unpaired) electrons. The average Bonchev–Trinajstić information content (AvgIpc) is 3.09. The Morgan fingerprint density at radius 1 is 1.26 bits per heavy atom. The predicted molar refractivity (Wildman–Crippen MR) is 106 cm³/mol. The number of H-pyrrole nitrogens is 1. The van der Waals surface area contributed by atoms with Gasteiger partial charge in [-0.25, -0.2) is 4.98 Å². The standard InChI is InChI=1S/C21H21F3N4O3/c1-10-7-14(18(29)25-11(10)2)20(30)28-6-4-5-13(9-28)16-8-15(21(22,23)24)17-12(3)27-31-19(17)26-16/h7-8,13H,4-6,9H2,1-3H3,(H,25,29)/t13-/m0/s1. The van der Waals surface area contributed by atoms with Crippen LogP contribution in [0.15, 0.2) is 21.5 Å². The molecule has 7 nitrogen and oxygen atoms in total. The number of nitrogens with zero attached hydrogens (tertiary/aromatic N) is 3. The summed E-state index contributed by atoms with van der Waals surface area (Å²) in [6, 6.07) is 2.57. The van der Waals surface area contributed by atoms with Gasteiger partial charge in [0.05, 0.1) is 22.3 Å². The number of alkyl halides is 3. The number of piperidine rings is 1. The quantitative estimate of drug-likeness (QED) is 0.661. The number of hydrogen-bond donors (Lipinski definition) is 1.